The molecule has 0 unspecified atom stereocenters. The third kappa shape index (κ3) is 7.20. The number of hydrogen-bond donors (Lipinski definition) is 1. The minimum Gasteiger partial charge on any atom is -0.439 e. The van der Waals surface area contributed by atoms with Crippen LogP contribution in [0.3, 0.4) is 0 Å². The Hall–Kier alpha value is -4.90. The van der Waals surface area contributed by atoms with Crippen molar-refractivity contribution in [2.45, 2.75) is 32.4 Å². The lowest BCUT2D eigenvalue weighted by Gasteiger charge is -2.38. The molecular weight excluding hydrogens is 527 g/mol. The number of likely N-dealkylation sites (tertiary alicyclic amines) is 1. The van der Waals surface area contributed by atoms with Crippen LogP contribution >= 0.6 is 0 Å². The van der Waals surface area contributed by atoms with Crippen molar-refractivity contribution in [2.75, 3.05) is 23.3 Å². The number of rotatable bonds is 8. The number of aryl methyl sites for hydroxylation is 1. The zero-order valence-electron chi connectivity index (χ0n) is 22.4. The molecule has 1 saturated heterocycles. The molecular formula is C30H29FN6O4. The topological polar surface area (TPSA) is 114 Å². The highest BCUT2D eigenvalue weighted by atomic mass is 19.1. The zero-order valence-corrected chi connectivity index (χ0v) is 22.4. The van der Waals surface area contributed by atoms with Crippen LogP contribution < -0.4 is 15.0 Å². The van der Waals surface area contributed by atoms with Crippen LogP contribution in [-0.2, 0) is 6.54 Å². The Bertz CT molecular complexity index is 1490. The number of hydrogen-bond acceptors (Lipinski definition) is 7. The standard InChI is InChI=1S/C30H29FN6O4/c1-21-5-7-24(19-32-21)34-30(38)36(27-4-2-3-23(31)17-27)25-13-15-35(16-14-25)20-22-6-12-29(33-18-22)41-28-10-8-26(9-11-28)37(39)40/h2-12,17-19,25H,13-16,20H2,1H3,(H,34,38). The molecule has 2 aromatic heterocycles. The summed E-state index contributed by atoms with van der Waals surface area (Å²) in [6, 6.07) is 18.8. The minimum absolute atomic E-state index is 0.00678. The molecule has 0 bridgehead atoms. The Kier molecular flexibility index (Phi) is 8.44. The van der Waals surface area contributed by atoms with Gasteiger partial charge in [-0.15, -0.1) is 0 Å². The van der Waals surface area contributed by atoms with Crippen LogP contribution in [0.2, 0.25) is 0 Å². The molecule has 210 valence electrons. The van der Waals surface area contributed by atoms with E-state index < -0.39 is 10.7 Å². The number of carbonyl (C=O) groups excluding carboxylic acids is 1. The molecule has 0 aliphatic carbocycles. The van der Waals surface area contributed by atoms with Gasteiger partial charge in [0.2, 0.25) is 5.88 Å². The predicted molar refractivity (Wildman–Crippen MR) is 153 cm³/mol. The lowest BCUT2D eigenvalue weighted by Crippen LogP contribution is -2.49. The number of nitrogens with zero attached hydrogens (tertiary/aromatic N) is 5. The second-order valence-corrected chi connectivity index (χ2v) is 9.83. The number of halogens is 1. The summed E-state index contributed by atoms with van der Waals surface area (Å²) >= 11 is 0. The van der Waals surface area contributed by atoms with Crippen LogP contribution in [0.25, 0.3) is 0 Å². The third-order valence-electron chi connectivity index (χ3n) is 6.86. The molecule has 11 heteroatoms. The first-order valence-electron chi connectivity index (χ1n) is 13.2. The first kappa shape index (κ1) is 27.7. The van der Waals surface area contributed by atoms with Crippen molar-refractivity contribution < 1.29 is 18.8 Å². The van der Waals surface area contributed by atoms with Gasteiger partial charge in [-0.1, -0.05) is 12.1 Å². The SMILES string of the molecule is Cc1ccc(NC(=O)N(c2cccc(F)c2)C2CCN(Cc3ccc(Oc4ccc([N+](=O)[O-])cc4)nc3)CC2)cn1. The van der Waals surface area contributed by atoms with Gasteiger partial charge in [-0.25, -0.2) is 14.2 Å². The van der Waals surface area contributed by atoms with Crippen molar-refractivity contribution in [1.29, 1.82) is 0 Å². The van der Waals surface area contributed by atoms with Gasteiger partial charge in [0, 0.05) is 61.5 Å². The average Bonchev–Trinajstić information content (AvgIpc) is 2.97. The van der Waals surface area contributed by atoms with Crippen LogP contribution in [0.4, 0.5) is 26.2 Å². The maximum atomic E-state index is 14.1. The second-order valence-electron chi connectivity index (χ2n) is 9.83. The number of amides is 2. The van der Waals surface area contributed by atoms with Gasteiger partial charge in [-0.2, -0.15) is 0 Å². The van der Waals surface area contributed by atoms with Crippen molar-refractivity contribution >= 4 is 23.1 Å². The molecule has 10 nitrogen and oxygen atoms in total. The fourth-order valence-electron chi connectivity index (χ4n) is 4.76. The Morgan fingerprint density at radius 3 is 2.49 bits per heavy atom. The van der Waals surface area contributed by atoms with Crippen molar-refractivity contribution in [2.24, 2.45) is 0 Å². The van der Waals surface area contributed by atoms with Crippen molar-refractivity contribution in [3.63, 3.8) is 0 Å². The zero-order chi connectivity index (χ0) is 28.8. The summed E-state index contributed by atoms with van der Waals surface area (Å²) in [4.78, 5) is 36.3. The molecule has 1 aliphatic rings. The van der Waals surface area contributed by atoms with Crippen LogP contribution in [0.1, 0.15) is 24.1 Å². The van der Waals surface area contributed by atoms with E-state index in [1.54, 1.807) is 41.6 Å². The Morgan fingerprint density at radius 1 is 1.07 bits per heavy atom. The molecule has 2 aromatic carbocycles. The monoisotopic (exact) mass is 556 g/mol. The summed E-state index contributed by atoms with van der Waals surface area (Å²) in [7, 11) is 0. The molecule has 0 saturated carbocycles. The Morgan fingerprint density at radius 2 is 1.85 bits per heavy atom. The molecule has 0 radical (unpaired) electrons. The lowest BCUT2D eigenvalue weighted by molar-refractivity contribution is -0.384. The molecule has 2 amide bonds. The average molecular weight is 557 g/mol. The molecule has 1 N–H and O–H groups in total. The fourth-order valence-corrected chi connectivity index (χ4v) is 4.76. The summed E-state index contributed by atoms with van der Waals surface area (Å²) in [5.74, 6) is 0.452. The minimum atomic E-state index is -0.462. The van der Waals surface area contributed by atoms with Crippen molar-refractivity contribution in [1.82, 2.24) is 14.9 Å². The van der Waals surface area contributed by atoms with Gasteiger partial charge in [0.1, 0.15) is 11.6 Å². The number of benzene rings is 2. The third-order valence-corrected chi connectivity index (χ3v) is 6.86. The summed E-state index contributed by atoms with van der Waals surface area (Å²) in [5.41, 5.74) is 2.93. The first-order chi connectivity index (χ1) is 19.8. The van der Waals surface area contributed by atoms with E-state index in [1.165, 1.54) is 36.4 Å². The number of anilines is 2. The van der Waals surface area contributed by atoms with Crippen LogP contribution in [0.15, 0.2) is 85.2 Å². The van der Waals surface area contributed by atoms with E-state index >= 15 is 0 Å². The van der Waals surface area contributed by atoms with Gasteiger partial charge in [0.25, 0.3) is 5.69 Å². The summed E-state index contributed by atoms with van der Waals surface area (Å²) < 4.78 is 19.8. The second kappa shape index (κ2) is 12.5. The first-order valence-corrected chi connectivity index (χ1v) is 13.2. The van der Waals surface area contributed by atoms with E-state index in [2.05, 4.69) is 20.2 Å². The quantitative estimate of drug-likeness (QED) is 0.199. The van der Waals surface area contributed by atoms with Crippen molar-refractivity contribution in [3.05, 3.63) is 112 Å². The number of pyridine rings is 2. The number of nitro groups is 1. The van der Waals surface area contributed by atoms with Gasteiger partial charge < -0.3 is 10.1 Å². The number of ether oxygens (including phenoxy) is 1. The maximum Gasteiger partial charge on any atom is 0.326 e. The predicted octanol–water partition coefficient (Wildman–Crippen LogP) is 6.33. The molecule has 1 fully saturated rings. The highest BCUT2D eigenvalue weighted by Gasteiger charge is 2.30. The van der Waals surface area contributed by atoms with E-state index in [-0.39, 0.29) is 17.8 Å². The number of urea groups is 1. The van der Waals surface area contributed by atoms with Gasteiger partial charge in [-0.05, 0) is 67.8 Å². The molecule has 3 heterocycles. The molecule has 0 atom stereocenters. The number of piperidine rings is 1. The van der Waals surface area contributed by atoms with E-state index in [0.717, 1.165) is 24.3 Å². The Labute approximate surface area is 236 Å². The van der Waals surface area contributed by atoms with E-state index in [4.69, 9.17) is 4.74 Å². The molecule has 5 rings (SSSR count). The van der Waals surface area contributed by atoms with Crippen LogP contribution in [0.5, 0.6) is 11.6 Å². The molecule has 0 spiro atoms. The lowest BCUT2D eigenvalue weighted by atomic mass is 10.0. The largest absolute Gasteiger partial charge is 0.439 e. The van der Waals surface area contributed by atoms with Gasteiger partial charge in [0.05, 0.1) is 16.8 Å². The summed E-state index contributed by atoms with van der Waals surface area (Å²) in [6.45, 7) is 4.05. The van der Waals surface area contributed by atoms with Crippen LogP contribution in [0, 0.1) is 22.9 Å². The van der Waals surface area contributed by atoms with Gasteiger partial charge >= 0.3 is 6.03 Å². The normalized spacial score (nSPS) is 13.9. The molecule has 1 aliphatic heterocycles. The highest BCUT2D eigenvalue weighted by molar-refractivity contribution is 6.02. The molecule has 4 aromatic rings. The molecule has 41 heavy (non-hydrogen) atoms. The maximum absolute atomic E-state index is 14.1. The van der Waals surface area contributed by atoms with Gasteiger partial charge in [0.15, 0.2) is 0 Å². The smallest absolute Gasteiger partial charge is 0.326 e. The summed E-state index contributed by atoms with van der Waals surface area (Å²) in [6.07, 6.45) is 4.78. The number of aromatic nitrogens is 2. The van der Waals surface area contributed by atoms with Gasteiger partial charge in [-0.3, -0.25) is 24.9 Å². The van der Waals surface area contributed by atoms with E-state index in [9.17, 15) is 19.3 Å². The number of nitrogens with one attached hydrogen (secondary N) is 1. The van der Waals surface area contributed by atoms with Crippen molar-refractivity contribution in [3.8, 4) is 11.6 Å². The fraction of sp³-hybridized carbons (Fsp3) is 0.233. The number of carbonyl (C=O) groups is 1. The Balaban J connectivity index is 1.19. The van der Waals surface area contributed by atoms with E-state index in [0.29, 0.717) is 42.4 Å². The summed E-state index contributed by atoms with van der Waals surface area (Å²) in [5, 5.41) is 13.7. The number of non-ortho nitro benzene ring substituents is 1. The van der Waals surface area contributed by atoms with Crippen LogP contribution in [-0.4, -0.2) is 45.0 Å². The van der Waals surface area contributed by atoms with E-state index in [1.807, 2.05) is 19.1 Å². The highest BCUT2D eigenvalue weighted by Crippen LogP contribution is 2.27. The number of nitro benzene ring substituents is 1.